The maximum atomic E-state index is 12.3. The summed E-state index contributed by atoms with van der Waals surface area (Å²) in [6.45, 7) is 0. The summed E-state index contributed by atoms with van der Waals surface area (Å²) < 4.78 is 4.47. The molecule has 130 valence electrons. The van der Waals surface area contributed by atoms with Gasteiger partial charge in [-0.2, -0.15) is 0 Å². The van der Waals surface area contributed by atoms with E-state index in [1.807, 2.05) is 18.2 Å². The Morgan fingerprint density at radius 3 is 2.24 bits per heavy atom. The largest absolute Gasteiger partial charge is 0.480 e. The quantitative estimate of drug-likeness (QED) is 0.747. The zero-order valence-electron chi connectivity index (χ0n) is 13.6. The molecular formula is C18H18N2O5. The van der Waals surface area contributed by atoms with Gasteiger partial charge in [-0.25, -0.2) is 9.59 Å². The molecule has 0 heterocycles. The molecule has 25 heavy (non-hydrogen) atoms. The van der Waals surface area contributed by atoms with E-state index < -0.39 is 24.0 Å². The van der Waals surface area contributed by atoms with Gasteiger partial charge in [0.25, 0.3) is 5.91 Å². The molecule has 2 aromatic carbocycles. The standard InChI is InChI=1S/C18H18N2O5/c1-25-18(24)19-14-9-7-13(8-10-14)16(21)20-15(17(22)23)11-12-5-3-2-4-6-12/h2-10,15H,11H2,1H3,(H,19,24)(H,20,21)(H,22,23). The number of methoxy groups -OCH3 is 1. The number of aliphatic carboxylic acids is 1. The summed E-state index contributed by atoms with van der Waals surface area (Å²) in [5.41, 5.74) is 1.56. The van der Waals surface area contributed by atoms with Crippen LogP contribution in [0.15, 0.2) is 54.6 Å². The van der Waals surface area contributed by atoms with Crippen LogP contribution < -0.4 is 10.6 Å². The summed E-state index contributed by atoms with van der Waals surface area (Å²) >= 11 is 0. The summed E-state index contributed by atoms with van der Waals surface area (Å²) in [6.07, 6.45) is -0.435. The van der Waals surface area contributed by atoms with Crippen LogP contribution in [0, 0.1) is 0 Å². The van der Waals surface area contributed by atoms with Crippen molar-refractivity contribution in [2.45, 2.75) is 12.5 Å². The summed E-state index contributed by atoms with van der Waals surface area (Å²) in [6, 6.07) is 14.0. The lowest BCUT2D eigenvalue weighted by atomic mass is 10.1. The van der Waals surface area contributed by atoms with Crippen molar-refractivity contribution in [3.05, 3.63) is 65.7 Å². The third-order valence-corrected chi connectivity index (χ3v) is 3.46. The van der Waals surface area contributed by atoms with Crippen LogP contribution in [0.2, 0.25) is 0 Å². The van der Waals surface area contributed by atoms with Crippen molar-refractivity contribution in [2.75, 3.05) is 12.4 Å². The molecule has 2 aromatic rings. The first-order valence-corrected chi connectivity index (χ1v) is 7.52. The molecule has 2 amide bonds. The van der Waals surface area contributed by atoms with E-state index in [0.29, 0.717) is 5.69 Å². The van der Waals surface area contributed by atoms with Gasteiger partial charge in [-0.05, 0) is 29.8 Å². The highest BCUT2D eigenvalue weighted by molar-refractivity contribution is 5.97. The van der Waals surface area contributed by atoms with E-state index in [0.717, 1.165) is 5.56 Å². The highest BCUT2D eigenvalue weighted by Crippen LogP contribution is 2.11. The van der Waals surface area contributed by atoms with Crippen molar-refractivity contribution < 1.29 is 24.2 Å². The summed E-state index contributed by atoms with van der Waals surface area (Å²) in [4.78, 5) is 34.8. The van der Waals surface area contributed by atoms with E-state index in [2.05, 4.69) is 15.4 Å². The number of ether oxygens (including phenoxy) is 1. The van der Waals surface area contributed by atoms with Gasteiger partial charge >= 0.3 is 12.1 Å². The van der Waals surface area contributed by atoms with Crippen LogP contribution in [0.5, 0.6) is 0 Å². The number of carboxylic acids is 1. The van der Waals surface area contributed by atoms with E-state index in [1.54, 1.807) is 12.1 Å². The summed E-state index contributed by atoms with van der Waals surface area (Å²) in [7, 11) is 1.25. The fourth-order valence-corrected chi connectivity index (χ4v) is 2.17. The van der Waals surface area contributed by atoms with Gasteiger partial charge in [0.1, 0.15) is 6.04 Å². The number of carbonyl (C=O) groups excluding carboxylic acids is 2. The molecule has 0 radical (unpaired) electrons. The first kappa shape index (κ1) is 18.0. The minimum absolute atomic E-state index is 0.184. The molecule has 0 aliphatic heterocycles. The van der Waals surface area contributed by atoms with Gasteiger partial charge < -0.3 is 15.2 Å². The van der Waals surface area contributed by atoms with E-state index in [-0.39, 0.29) is 12.0 Å². The highest BCUT2D eigenvalue weighted by atomic mass is 16.5. The van der Waals surface area contributed by atoms with Crippen molar-refractivity contribution in [2.24, 2.45) is 0 Å². The molecule has 0 fully saturated rings. The van der Waals surface area contributed by atoms with Crippen molar-refractivity contribution >= 4 is 23.7 Å². The Bertz CT molecular complexity index is 744. The maximum absolute atomic E-state index is 12.3. The molecule has 7 heteroatoms. The topological polar surface area (TPSA) is 105 Å². The molecule has 0 saturated heterocycles. The molecule has 0 aromatic heterocycles. The van der Waals surface area contributed by atoms with Crippen molar-refractivity contribution in [1.82, 2.24) is 5.32 Å². The molecule has 0 aliphatic rings. The second-order valence-corrected chi connectivity index (χ2v) is 5.25. The number of rotatable bonds is 6. The third-order valence-electron chi connectivity index (χ3n) is 3.46. The van der Waals surface area contributed by atoms with Crippen LogP contribution in [0.25, 0.3) is 0 Å². The SMILES string of the molecule is COC(=O)Nc1ccc(C(=O)NC(Cc2ccccc2)C(=O)O)cc1. The number of anilines is 1. The third kappa shape index (κ3) is 5.35. The first-order valence-electron chi connectivity index (χ1n) is 7.52. The Morgan fingerprint density at radius 1 is 1.04 bits per heavy atom. The van der Waals surface area contributed by atoms with Gasteiger partial charge in [-0.1, -0.05) is 30.3 Å². The predicted octanol–water partition coefficient (Wildman–Crippen LogP) is 2.29. The lowest BCUT2D eigenvalue weighted by molar-refractivity contribution is -0.139. The molecule has 7 nitrogen and oxygen atoms in total. The summed E-state index contributed by atoms with van der Waals surface area (Å²) in [5, 5.41) is 14.3. The number of benzene rings is 2. The van der Waals surface area contributed by atoms with Gasteiger partial charge in [-0.3, -0.25) is 10.1 Å². The van der Waals surface area contributed by atoms with Gasteiger partial charge in [0.05, 0.1) is 7.11 Å². The van der Waals surface area contributed by atoms with E-state index in [4.69, 9.17) is 0 Å². The fraction of sp³-hybridized carbons (Fsp3) is 0.167. The second kappa shape index (κ2) is 8.49. The molecule has 3 N–H and O–H groups in total. The van der Waals surface area contributed by atoms with Crippen molar-refractivity contribution in [3.63, 3.8) is 0 Å². The molecular weight excluding hydrogens is 324 g/mol. The zero-order chi connectivity index (χ0) is 18.2. The Morgan fingerprint density at radius 2 is 1.68 bits per heavy atom. The zero-order valence-corrected chi connectivity index (χ0v) is 13.6. The number of carboxylic acid groups (broad SMARTS) is 1. The molecule has 2 rings (SSSR count). The average molecular weight is 342 g/mol. The number of carbonyl (C=O) groups is 3. The second-order valence-electron chi connectivity index (χ2n) is 5.25. The minimum Gasteiger partial charge on any atom is -0.480 e. The Balaban J connectivity index is 2.03. The number of amides is 2. The van der Waals surface area contributed by atoms with Gasteiger partial charge in [0.15, 0.2) is 0 Å². The van der Waals surface area contributed by atoms with Crippen molar-refractivity contribution in [1.29, 1.82) is 0 Å². The molecule has 0 spiro atoms. The van der Waals surface area contributed by atoms with Crippen LogP contribution >= 0.6 is 0 Å². The molecule has 0 saturated carbocycles. The van der Waals surface area contributed by atoms with Crippen molar-refractivity contribution in [3.8, 4) is 0 Å². The molecule has 0 aliphatic carbocycles. The lowest BCUT2D eigenvalue weighted by Crippen LogP contribution is -2.42. The van der Waals surface area contributed by atoms with Crippen LogP contribution in [0.4, 0.5) is 10.5 Å². The predicted molar refractivity (Wildman–Crippen MR) is 91.5 cm³/mol. The lowest BCUT2D eigenvalue weighted by Gasteiger charge is -2.15. The van der Waals surface area contributed by atoms with E-state index in [9.17, 15) is 19.5 Å². The van der Waals surface area contributed by atoms with Crippen LogP contribution in [-0.4, -0.2) is 36.2 Å². The molecule has 1 unspecified atom stereocenters. The fourth-order valence-electron chi connectivity index (χ4n) is 2.17. The first-order chi connectivity index (χ1) is 12.0. The van der Waals surface area contributed by atoms with E-state index in [1.165, 1.54) is 31.4 Å². The summed E-state index contributed by atoms with van der Waals surface area (Å²) in [5.74, 6) is -1.62. The van der Waals surface area contributed by atoms with Gasteiger partial charge in [0, 0.05) is 17.7 Å². The Hall–Kier alpha value is -3.35. The average Bonchev–Trinajstić information content (AvgIpc) is 2.62. The van der Waals surface area contributed by atoms with Crippen LogP contribution in [0.3, 0.4) is 0 Å². The van der Waals surface area contributed by atoms with Gasteiger partial charge in [0.2, 0.25) is 0 Å². The smallest absolute Gasteiger partial charge is 0.411 e. The Labute approximate surface area is 144 Å². The molecule has 0 bridgehead atoms. The highest BCUT2D eigenvalue weighted by Gasteiger charge is 2.21. The number of hydrogen-bond acceptors (Lipinski definition) is 4. The van der Waals surface area contributed by atoms with Crippen LogP contribution in [-0.2, 0) is 16.0 Å². The van der Waals surface area contributed by atoms with E-state index >= 15 is 0 Å². The van der Waals surface area contributed by atoms with Gasteiger partial charge in [-0.15, -0.1) is 0 Å². The Kier molecular flexibility index (Phi) is 6.11. The normalized spacial score (nSPS) is 11.2. The molecule has 1 atom stereocenters. The monoisotopic (exact) mass is 342 g/mol. The maximum Gasteiger partial charge on any atom is 0.411 e. The minimum atomic E-state index is -1.11. The number of nitrogens with one attached hydrogen (secondary N) is 2. The van der Waals surface area contributed by atoms with Crippen LogP contribution in [0.1, 0.15) is 15.9 Å². The number of hydrogen-bond donors (Lipinski definition) is 3.